The summed E-state index contributed by atoms with van der Waals surface area (Å²) in [4.78, 5) is 11.8. The number of carbonyl (C=O) groups is 1. The summed E-state index contributed by atoms with van der Waals surface area (Å²) in [7, 11) is 0. The molecule has 1 N–H and O–H groups in total. The zero-order valence-corrected chi connectivity index (χ0v) is 13.8. The molecule has 1 aromatic heterocycles. The van der Waals surface area contributed by atoms with Crippen LogP contribution in [0.3, 0.4) is 0 Å². The Labute approximate surface area is 139 Å². The molecule has 1 amide bonds. The van der Waals surface area contributed by atoms with Crippen molar-refractivity contribution in [3.05, 3.63) is 29.8 Å². The number of hydrogen-bond acceptors (Lipinski definition) is 6. The van der Waals surface area contributed by atoms with Gasteiger partial charge in [0.05, 0.1) is 11.9 Å². The molecule has 0 spiro atoms. The van der Waals surface area contributed by atoms with Gasteiger partial charge in [-0.05, 0) is 31.9 Å². The van der Waals surface area contributed by atoms with Gasteiger partial charge >= 0.3 is 0 Å². The van der Waals surface area contributed by atoms with Gasteiger partial charge in [0.15, 0.2) is 0 Å². The minimum absolute atomic E-state index is 0.0550. The smallest absolute Gasteiger partial charge is 0.277 e. The van der Waals surface area contributed by atoms with Gasteiger partial charge in [-0.1, -0.05) is 29.5 Å². The number of aromatic nitrogens is 2. The van der Waals surface area contributed by atoms with Gasteiger partial charge in [-0.15, -0.1) is 10.2 Å². The molecule has 2 heterocycles. The standard InChI is InChI=1S/C16H19N3O3S/c1-11-4-6-12(7-5-11)15-18-19-16(22-15)23-10-14(20)17-9-13-3-2-8-21-13/h4-7,13H,2-3,8-10H2,1H3,(H,17,20)/t13-/m0/s1. The van der Waals surface area contributed by atoms with Crippen molar-refractivity contribution in [2.45, 2.75) is 31.1 Å². The number of hydrogen-bond donors (Lipinski definition) is 1. The Hall–Kier alpha value is -1.86. The largest absolute Gasteiger partial charge is 0.411 e. The molecule has 1 atom stereocenters. The molecular weight excluding hydrogens is 314 g/mol. The first-order chi connectivity index (χ1) is 11.2. The number of nitrogens with one attached hydrogen (secondary N) is 1. The average Bonchev–Trinajstić information content (AvgIpc) is 3.23. The Balaban J connectivity index is 1.47. The molecular formula is C16H19N3O3S. The van der Waals surface area contributed by atoms with Crippen LogP contribution >= 0.6 is 11.8 Å². The van der Waals surface area contributed by atoms with E-state index < -0.39 is 0 Å². The molecule has 0 bridgehead atoms. The lowest BCUT2D eigenvalue weighted by Crippen LogP contribution is -2.32. The molecule has 122 valence electrons. The van der Waals surface area contributed by atoms with E-state index in [-0.39, 0.29) is 17.8 Å². The molecule has 1 saturated heterocycles. The van der Waals surface area contributed by atoms with Crippen LogP contribution in [0.2, 0.25) is 0 Å². The lowest BCUT2D eigenvalue weighted by Gasteiger charge is -2.09. The van der Waals surface area contributed by atoms with Gasteiger partial charge in [-0.25, -0.2) is 0 Å². The molecule has 0 aliphatic carbocycles. The lowest BCUT2D eigenvalue weighted by molar-refractivity contribution is -0.119. The topological polar surface area (TPSA) is 77.2 Å². The summed E-state index contributed by atoms with van der Waals surface area (Å²) >= 11 is 1.24. The van der Waals surface area contributed by atoms with Crippen LogP contribution in [0.15, 0.2) is 33.9 Å². The van der Waals surface area contributed by atoms with Crippen LogP contribution in [0.1, 0.15) is 18.4 Å². The quantitative estimate of drug-likeness (QED) is 0.818. The molecule has 1 fully saturated rings. The number of nitrogens with zero attached hydrogens (tertiary/aromatic N) is 2. The summed E-state index contributed by atoms with van der Waals surface area (Å²) in [6.45, 7) is 3.38. The minimum atomic E-state index is -0.0550. The zero-order valence-electron chi connectivity index (χ0n) is 12.9. The minimum Gasteiger partial charge on any atom is -0.411 e. The van der Waals surface area contributed by atoms with Crippen molar-refractivity contribution in [1.82, 2.24) is 15.5 Å². The summed E-state index contributed by atoms with van der Waals surface area (Å²) in [5, 5.41) is 11.2. The van der Waals surface area contributed by atoms with Crippen LogP contribution in [0.25, 0.3) is 11.5 Å². The summed E-state index contributed by atoms with van der Waals surface area (Å²) in [6, 6.07) is 7.85. The highest BCUT2D eigenvalue weighted by molar-refractivity contribution is 7.99. The maximum atomic E-state index is 11.8. The summed E-state index contributed by atoms with van der Waals surface area (Å²) in [5.41, 5.74) is 2.04. The van der Waals surface area contributed by atoms with E-state index in [4.69, 9.17) is 9.15 Å². The highest BCUT2D eigenvalue weighted by atomic mass is 32.2. The fourth-order valence-electron chi connectivity index (χ4n) is 2.29. The van der Waals surface area contributed by atoms with Crippen LogP contribution in [-0.2, 0) is 9.53 Å². The van der Waals surface area contributed by atoms with E-state index in [1.165, 1.54) is 17.3 Å². The van der Waals surface area contributed by atoms with Crippen LogP contribution in [-0.4, -0.2) is 41.1 Å². The van der Waals surface area contributed by atoms with E-state index in [1.807, 2.05) is 31.2 Å². The molecule has 0 radical (unpaired) electrons. The Bertz CT molecular complexity index is 651. The first-order valence-electron chi connectivity index (χ1n) is 7.62. The van der Waals surface area contributed by atoms with Crippen molar-refractivity contribution < 1.29 is 13.9 Å². The molecule has 3 rings (SSSR count). The molecule has 1 aliphatic heterocycles. The van der Waals surface area contributed by atoms with Crippen LogP contribution in [0.4, 0.5) is 0 Å². The number of aryl methyl sites for hydroxylation is 1. The second-order valence-corrected chi connectivity index (χ2v) is 6.39. The summed E-state index contributed by atoms with van der Waals surface area (Å²) in [6.07, 6.45) is 2.23. The third kappa shape index (κ3) is 4.56. The maximum Gasteiger partial charge on any atom is 0.277 e. The Morgan fingerprint density at radius 1 is 1.35 bits per heavy atom. The molecule has 6 nitrogen and oxygen atoms in total. The van der Waals surface area contributed by atoms with E-state index in [2.05, 4.69) is 15.5 Å². The fourth-order valence-corrected chi connectivity index (χ4v) is 2.89. The molecule has 0 saturated carbocycles. The van der Waals surface area contributed by atoms with Crippen LogP contribution in [0.5, 0.6) is 0 Å². The maximum absolute atomic E-state index is 11.8. The molecule has 0 unspecified atom stereocenters. The van der Waals surface area contributed by atoms with Crippen LogP contribution < -0.4 is 5.32 Å². The van der Waals surface area contributed by atoms with Crippen molar-refractivity contribution >= 4 is 17.7 Å². The van der Waals surface area contributed by atoms with E-state index in [1.54, 1.807) is 0 Å². The third-order valence-electron chi connectivity index (χ3n) is 3.58. The van der Waals surface area contributed by atoms with Crippen molar-refractivity contribution in [3.8, 4) is 11.5 Å². The van der Waals surface area contributed by atoms with Crippen LogP contribution in [0, 0.1) is 6.92 Å². The second kappa shape index (κ2) is 7.61. The average molecular weight is 333 g/mol. The molecule has 1 aromatic carbocycles. The van der Waals surface area contributed by atoms with Gasteiger partial charge in [-0.3, -0.25) is 4.79 Å². The molecule has 23 heavy (non-hydrogen) atoms. The van der Waals surface area contributed by atoms with Gasteiger partial charge in [0.2, 0.25) is 11.8 Å². The Morgan fingerprint density at radius 3 is 2.91 bits per heavy atom. The van der Waals surface area contributed by atoms with Crippen molar-refractivity contribution in [2.75, 3.05) is 18.9 Å². The fraction of sp³-hybridized carbons (Fsp3) is 0.438. The van der Waals surface area contributed by atoms with Gasteiger partial charge in [0, 0.05) is 18.7 Å². The third-order valence-corrected chi connectivity index (χ3v) is 4.40. The van der Waals surface area contributed by atoms with Gasteiger partial charge in [0.1, 0.15) is 0 Å². The normalized spacial score (nSPS) is 17.3. The number of amides is 1. The number of rotatable bonds is 6. The van der Waals surface area contributed by atoms with Gasteiger partial charge < -0.3 is 14.5 Å². The van der Waals surface area contributed by atoms with E-state index >= 15 is 0 Å². The molecule has 7 heteroatoms. The summed E-state index contributed by atoms with van der Waals surface area (Å²) in [5.74, 6) is 0.662. The Morgan fingerprint density at radius 2 is 2.17 bits per heavy atom. The Kier molecular flexibility index (Phi) is 5.30. The number of carbonyl (C=O) groups excluding carboxylic acids is 1. The predicted molar refractivity (Wildman–Crippen MR) is 87.2 cm³/mol. The number of ether oxygens (including phenoxy) is 1. The summed E-state index contributed by atoms with van der Waals surface area (Å²) < 4.78 is 11.0. The number of benzene rings is 1. The highest BCUT2D eigenvalue weighted by Gasteiger charge is 2.16. The lowest BCUT2D eigenvalue weighted by atomic mass is 10.1. The second-order valence-electron chi connectivity index (χ2n) is 5.47. The molecule has 1 aliphatic rings. The van der Waals surface area contributed by atoms with Gasteiger partial charge in [0.25, 0.3) is 5.22 Å². The van der Waals surface area contributed by atoms with Crippen molar-refractivity contribution in [1.29, 1.82) is 0 Å². The molecule has 2 aromatic rings. The SMILES string of the molecule is Cc1ccc(-c2nnc(SCC(=O)NC[C@@H]3CCCO3)o2)cc1. The van der Waals surface area contributed by atoms with E-state index in [0.29, 0.717) is 17.7 Å². The van der Waals surface area contributed by atoms with Crippen molar-refractivity contribution in [2.24, 2.45) is 0 Å². The predicted octanol–water partition coefficient (Wildman–Crippen LogP) is 2.43. The first-order valence-corrected chi connectivity index (χ1v) is 8.61. The van der Waals surface area contributed by atoms with Crippen molar-refractivity contribution in [3.63, 3.8) is 0 Å². The van der Waals surface area contributed by atoms with Gasteiger partial charge in [-0.2, -0.15) is 0 Å². The van der Waals surface area contributed by atoms with E-state index in [9.17, 15) is 4.79 Å². The monoisotopic (exact) mass is 333 g/mol. The zero-order chi connectivity index (χ0) is 16.1. The first kappa shape index (κ1) is 16.0. The van der Waals surface area contributed by atoms with E-state index in [0.717, 1.165) is 25.0 Å². The highest BCUT2D eigenvalue weighted by Crippen LogP contribution is 2.23. The number of thioether (sulfide) groups is 1.